The van der Waals surface area contributed by atoms with Gasteiger partial charge in [-0.3, -0.25) is 4.57 Å². The summed E-state index contributed by atoms with van der Waals surface area (Å²) < 4.78 is 41.2. The topological polar surface area (TPSA) is 46.3 Å². The number of aromatic nitrogens is 3. The normalized spacial score (nSPS) is 13.7. The van der Waals surface area contributed by atoms with Crippen LogP contribution in [0.3, 0.4) is 0 Å². The molecular weight excluding hydrogens is 379 g/mol. The lowest BCUT2D eigenvalue weighted by atomic mass is 10.0. The Morgan fingerprint density at radius 2 is 1.70 bits per heavy atom. The predicted octanol–water partition coefficient (Wildman–Crippen LogP) is 4.36. The molecule has 1 aromatic heterocycles. The maximum atomic E-state index is 13.2. The van der Waals surface area contributed by atoms with E-state index >= 15 is 0 Å². The summed E-state index contributed by atoms with van der Waals surface area (Å²) in [7, 11) is 0. The van der Waals surface area contributed by atoms with Crippen LogP contribution in [0.5, 0.6) is 0 Å². The lowest BCUT2D eigenvalue weighted by Crippen LogP contribution is -2.32. The van der Waals surface area contributed by atoms with Crippen LogP contribution < -0.4 is 5.01 Å². The lowest BCUT2D eigenvalue weighted by molar-refractivity contribution is -0.119. The summed E-state index contributed by atoms with van der Waals surface area (Å²) >= 11 is 5.95. The largest absolute Gasteiger partial charge is 0.408 e. The molecule has 0 amide bonds. The van der Waals surface area contributed by atoms with Gasteiger partial charge in [-0.1, -0.05) is 41.9 Å². The molecule has 27 heavy (non-hydrogen) atoms. The Kier molecular flexibility index (Phi) is 4.15. The zero-order chi connectivity index (χ0) is 19.2. The monoisotopic (exact) mass is 391 g/mol. The maximum Gasteiger partial charge on any atom is 0.408 e. The summed E-state index contributed by atoms with van der Waals surface area (Å²) in [5, 5.41) is 13.6. The first kappa shape index (κ1) is 17.5. The fourth-order valence-corrected chi connectivity index (χ4v) is 3.11. The standard InChI is InChI=1S/C18H13ClF3N5/c1-11-23-24-17-26(10-18(20,21)22)25-16(12-6-8-13(19)9-7-12)14-4-2-3-5-15(14)27(11)17/h2-9H,10H2,1H3. The number of nitrogens with zero attached hydrogens (tertiary/aromatic N) is 5. The SMILES string of the molecule is Cc1nnc2n1-c1ccccc1C(c1ccc(Cl)cc1)=NN2CC(F)(F)F. The van der Waals surface area contributed by atoms with E-state index in [2.05, 4.69) is 15.3 Å². The summed E-state index contributed by atoms with van der Waals surface area (Å²) in [5.74, 6) is 0.485. The highest BCUT2D eigenvalue weighted by molar-refractivity contribution is 6.30. The van der Waals surface area contributed by atoms with Crippen molar-refractivity contribution in [3.05, 3.63) is 70.5 Å². The first-order chi connectivity index (χ1) is 12.8. The highest BCUT2D eigenvalue weighted by Crippen LogP contribution is 2.31. The van der Waals surface area contributed by atoms with E-state index in [0.717, 1.165) is 5.01 Å². The van der Waals surface area contributed by atoms with Crippen LogP contribution >= 0.6 is 11.6 Å². The van der Waals surface area contributed by atoms with E-state index in [1.165, 1.54) is 0 Å². The quantitative estimate of drug-likeness (QED) is 0.652. The fraction of sp³-hybridized carbons (Fsp3) is 0.167. The molecule has 0 aliphatic carbocycles. The Hall–Kier alpha value is -2.87. The van der Waals surface area contributed by atoms with Gasteiger partial charge in [0.1, 0.15) is 18.1 Å². The van der Waals surface area contributed by atoms with Crippen LogP contribution in [0.15, 0.2) is 53.6 Å². The van der Waals surface area contributed by atoms with Crippen LogP contribution in [0.2, 0.25) is 5.02 Å². The van der Waals surface area contributed by atoms with E-state index in [1.807, 2.05) is 12.1 Å². The van der Waals surface area contributed by atoms with E-state index in [1.54, 1.807) is 47.9 Å². The second-order valence-electron chi connectivity index (χ2n) is 6.03. The fourth-order valence-electron chi connectivity index (χ4n) is 2.99. The van der Waals surface area contributed by atoms with Gasteiger partial charge >= 0.3 is 6.18 Å². The van der Waals surface area contributed by atoms with Crippen LogP contribution in [-0.2, 0) is 0 Å². The predicted molar refractivity (Wildman–Crippen MR) is 96.6 cm³/mol. The highest BCUT2D eigenvalue weighted by Gasteiger charge is 2.35. The first-order valence-electron chi connectivity index (χ1n) is 8.04. The van der Waals surface area contributed by atoms with E-state index in [4.69, 9.17) is 11.6 Å². The number of hydrogen-bond acceptors (Lipinski definition) is 4. The van der Waals surface area contributed by atoms with Crippen molar-refractivity contribution in [3.8, 4) is 5.69 Å². The van der Waals surface area contributed by atoms with Crippen molar-refractivity contribution in [1.82, 2.24) is 14.8 Å². The molecule has 0 saturated heterocycles. The Labute approximate surface area is 157 Å². The number of halogens is 4. The molecule has 0 bridgehead atoms. The van der Waals surface area contributed by atoms with Crippen LogP contribution in [0.1, 0.15) is 17.0 Å². The van der Waals surface area contributed by atoms with Crippen molar-refractivity contribution in [2.45, 2.75) is 13.1 Å². The molecule has 0 atom stereocenters. The van der Waals surface area contributed by atoms with Gasteiger partial charge in [-0.2, -0.15) is 18.3 Å². The van der Waals surface area contributed by atoms with Crippen molar-refractivity contribution in [2.24, 2.45) is 5.10 Å². The summed E-state index contributed by atoms with van der Waals surface area (Å²) in [4.78, 5) is 0. The van der Waals surface area contributed by atoms with E-state index in [0.29, 0.717) is 33.4 Å². The number of para-hydroxylation sites is 1. The van der Waals surface area contributed by atoms with Gasteiger partial charge in [-0.05, 0) is 25.1 Å². The van der Waals surface area contributed by atoms with Crippen LogP contribution in [0, 0.1) is 6.92 Å². The minimum absolute atomic E-state index is 0.0150. The number of rotatable bonds is 2. The molecule has 0 radical (unpaired) electrons. The summed E-state index contributed by atoms with van der Waals surface area (Å²) in [6.45, 7) is 0.405. The molecule has 2 heterocycles. The molecule has 0 fully saturated rings. The number of fused-ring (bicyclic) bond motifs is 3. The van der Waals surface area contributed by atoms with E-state index in [-0.39, 0.29) is 5.95 Å². The first-order valence-corrected chi connectivity index (χ1v) is 8.42. The Bertz CT molecular complexity index is 1020. The average Bonchev–Trinajstić information content (AvgIpc) is 2.94. The molecule has 5 nitrogen and oxygen atoms in total. The second-order valence-corrected chi connectivity index (χ2v) is 6.46. The molecule has 0 unspecified atom stereocenters. The Morgan fingerprint density at radius 1 is 1.00 bits per heavy atom. The van der Waals surface area contributed by atoms with Gasteiger partial charge in [0.15, 0.2) is 0 Å². The number of alkyl halides is 3. The molecule has 1 aliphatic rings. The van der Waals surface area contributed by atoms with Gasteiger partial charge < -0.3 is 0 Å². The Balaban J connectivity index is 1.98. The smallest absolute Gasteiger partial charge is 0.263 e. The van der Waals surface area contributed by atoms with Crippen LogP contribution in [0.25, 0.3) is 5.69 Å². The third kappa shape index (κ3) is 3.28. The van der Waals surface area contributed by atoms with Crippen LogP contribution in [0.4, 0.5) is 19.1 Å². The maximum absolute atomic E-state index is 13.2. The van der Waals surface area contributed by atoms with Gasteiger partial charge in [0, 0.05) is 16.1 Å². The Morgan fingerprint density at radius 3 is 2.41 bits per heavy atom. The highest BCUT2D eigenvalue weighted by atomic mass is 35.5. The average molecular weight is 392 g/mol. The van der Waals surface area contributed by atoms with E-state index < -0.39 is 12.7 Å². The van der Waals surface area contributed by atoms with Gasteiger partial charge in [-0.15, -0.1) is 10.2 Å². The number of benzene rings is 2. The number of aryl methyl sites for hydroxylation is 1. The number of hydrazone groups is 1. The van der Waals surface area contributed by atoms with Crippen molar-refractivity contribution in [3.63, 3.8) is 0 Å². The molecule has 3 aromatic rings. The molecule has 2 aromatic carbocycles. The molecule has 0 saturated carbocycles. The third-order valence-corrected chi connectivity index (χ3v) is 4.36. The van der Waals surface area contributed by atoms with Crippen LogP contribution in [-0.4, -0.2) is 33.2 Å². The van der Waals surface area contributed by atoms with Gasteiger partial charge in [0.05, 0.1) is 5.69 Å². The molecule has 9 heteroatoms. The van der Waals surface area contributed by atoms with Gasteiger partial charge in [-0.25, -0.2) is 5.01 Å². The zero-order valence-corrected chi connectivity index (χ0v) is 14.8. The molecular formula is C18H13ClF3N5. The lowest BCUT2D eigenvalue weighted by Gasteiger charge is -2.19. The van der Waals surface area contributed by atoms with Crippen molar-refractivity contribution in [2.75, 3.05) is 11.6 Å². The third-order valence-electron chi connectivity index (χ3n) is 4.11. The van der Waals surface area contributed by atoms with Crippen molar-refractivity contribution < 1.29 is 13.2 Å². The summed E-state index contributed by atoms with van der Waals surface area (Å²) in [6.07, 6.45) is -4.46. The zero-order valence-electron chi connectivity index (χ0n) is 14.1. The molecule has 0 spiro atoms. The molecule has 1 aliphatic heterocycles. The van der Waals surface area contributed by atoms with Gasteiger partial charge in [0.25, 0.3) is 5.95 Å². The van der Waals surface area contributed by atoms with E-state index in [9.17, 15) is 13.2 Å². The molecule has 138 valence electrons. The van der Waals surface area contributed by atoms with Gasteiger partial charge in [0.2, 0.25) is 0 Å². The molecule has 0 N–H and O–H groups in total. The second kappa shape index (κ2) is 6.38. The van der Waals surface area contributed by atoms with Crippen molar-refractivity contribution in [1.29, 1.82) is 0 Å². The minimum atomic E-state index is -4.46. The number of hydrogen-bond donors (Lipinski definition) is 0. The minimum Gasteiger partial charge on any atom is -0.263 e. The summed E-state index contributed by atoms with van der Waals surface area (Å²) in [6, 6.07) is 14.0. The van der Waals surface area contributed by atoms with Crippen molar-refractivity contribution >= 4 is 23.3 Å². The molecule has 4 rings (SSSR count). The number of anilines is 1. The summed E-state index contributed by atoms with van der Waals surface area (Å²) in [5.41, 5.74) is 2.38.